The van der Waals surface area contributed by atoms with Crippen molar-refractivity contribution in [3.63, 3.8) is 0 Å². The van der Waals surface area contributed by atoms with Gasteiger partial charge in [-0.05, 0) is 61.8 Å². The summed E-state index contributed by atoms with van der Waals surface area (Å²) >= 11 is 1.46. The van der Waals surface area contributed by atoms with E-state index in [1.807, 2.05) is 32.0 Å². The van der Waals surface area contributed by atoms with Gasteiger partial charge in [-0.25, -0.2) is 0 Å². The number of fused-ring (bicyclic) bond motifs is 1. The first-order valence-corrected chi connectivity index (χ1v) is 9.61. The summed E-state index contributed by atoms with van der Waals surface area (Å²) in [5, 5.41) is 3.37. The van der Waals surface area contributed by atoms with Crippen molar-refractivity contribution in [1.29, 1.82) is 0 Å². The van der Waals surface area contributed by atoms with E-state index < -0.39 is 5.91 Å². The van der Waals surface area contributed by atoms with Crippen LogP contribution in [0, 0.1) is 19.8 Å². The van der Waals surface area contributed by atoms with Crippen molar-refractivity contribution in [3.05, 3.63) is 45.3 Å². The fourth-order valence-corrected chi connectivity index (χ4v) is 4.70. The number of hydrogen-bond donors (Lipinski definition) is 2. The maximum absolute atomic E-state index is 12.4. The highest BCUT2D eigenvalue weighted by atomic mass is 32.1. The zero-order valence-electron chi connectivity index (χ0n) is 15.3. The molecule has 0 saturated carbocycles. The van der Waals surface area contributed by atoms with Crippen LogP contribution in [-0.4, -0.2) is 18.4 Å². The fraction of sp³-hybridized carbons (Fsp3) is 0.400. The molecule has 1 aromatic heterocycles. The van der Waals surface area contributed by atoms with Crippen LogP contribution in [0.2, 0.25) is 0 Å². The summed E-state index contributed by atoms with van der Waals surface area (Å²) < 4.78 is 5.65. The lowest BCUT2D eigenvalue weighted by Crippen LogP contribution is -2.23. The zero-order chi connectivity index (χ0) is 18.8. The van der Waals surface area contributed by atoms with Gasteiger partial charge in [0.25, 0.3) is 11.8 Å². The number of thiophene rings is 1. The highest BCUT2D eigenvalue weighted by Crippen LogP contribution is 2.39. The Kier molecular flexibility index (Phi) is 5.32. The van der Waals surface area contributed by atoms with Crippen molar-refractivity contribution in [2.75, 3.05) is 11.9 Å². The summed E-state index contributed by atoms with van der Waals surface area (Å²) in [4.78, 5) is 25.4. The molecule has 0 bridgehead atoms. The van der Waals surface area contributed by atoms with Crippen LogP contribution in [0.3, 0.4) is 0 Å². The fourth-order valence-electron chi connectivity index (χ4n) is 3.27. The Morgan fingerprint density at radius 2 is 2.12 bits per heavy atom. The number of amides is 2. The van der Waals surface area contributed by atoms with Crippen LogP contribution < -0.4 is 15.8 Å². The Balaban J connectivity index is 1.73. The molecule has 0 fully saturated rings. The number of carbonyl (C=O) groups excluding carboxylic acids is 2. The highest BCUT2D eigenvalue weighted by molar-refractivity contribution is 7.17. The number of carbonyl (C=O) groups is 2. The average molecular weight is 372 g/mol. The van der Waals surface area contributed by atoms with Gasteiger partial charge in [0, 0.05) is 4.88 Å². The number of hydrogen-bond acceptors (Lipinski definition) is 4. The van der Waals surface area contributed by atoms with Crippen molar-refractivity contribution >= 4 is 28.2 Å². The summed E-state index contributed by atoms with van der Waals surface area (Å²) in [6.45, 7) is 6.00. The van der Waals surface area contributed by atoms with Gasteiger partial charge < -0.3 is 15.8 Å². The molecule has 0 spiro atoms. The second-order valence-electron chi connectivity index (χ2n) is 7.03. The molecular weight excluding hydrogens is 348 g/mol. The number of anilines is 1. The first-order valence-electron chi connectivity index (χ1n) is 8.79. The number of ether oxygens (including phenoxy) is 1. The molecule has 1 aliphatic rings. The predicted octanol–water partition coefficient (Wildman–Crippen LogP) is 3.61. The summed E-state index contributed by atoms with van der Waals surface area (Å²) in [5.41, 5.74) is 9.10. The van der Waals surface area contributed by atoms with Gasteiger partial charge >= 0.3 is 0 Å². The van der Waals surface area contributed by atoms with E-state index in [9.17, 15) is 9.59 Å². The molecule has 1 atom stereocenters. The van der Waals surface area contributed by atoms with Gasteiger partial charge in [-0.15, -0.1) is 11.3 Å². The molecule has 1 aromatic carbocycles. The van der Waals surface area contributed by atoms with E-state index in [4.69, 9.17) is 10.5 Å². The number of nitrogens with two attached hydrogens (primary N) is 1. The topological polar surface area (TPSA) is 81.4 Å². The van der Waals surface area contributed by atoms with E-state index in [1.165, 1.54) is 11.3 Å². The van der Waals surface area contributed by atoms with Gasteiger partial charge in [-0.3, -0.25) is 9.59 Å². The SMILES string of the molecule is Cc1ccc(C)c(OCC(=O)Nc2sc3c(c2C(N)=O)CC[C@@H](C)C3)c1. The smallest absolute Gasteiger partial charge is 0.262 e. The van der Waals surface area contributed by atoms with E-state index in [0.717, 1.165) is 40.8 Å². The second kappa shape index (κ2) is 7.50. The van der Waals surface area contributed by atoms with Crippen LogP contribution in [0.15, 0.2) is 18.2 Å². The largest absolute Gasteiger partial charge is 0.483 e. The monoisotopic (exact) mass is 372 g/mol. The molecule has 1 heterocycles. The first kappa shape index (κ1) is 18.5. The van der Waals surface area contributed by atoms with E-state index in [-0.39, 0.29) is 12.5 Å². The Morgan fingerprint density at radius 1 is 1.35 bits per heavy atom. The number of primary amides is 1. The molecule has 0 radical (unpaired) electrons. The Hall–Kier alpha value is -2.34. The summed E-state index contributed by atoms with van der Waals surface area (Å²) in [7, 11) is 0. The maximum atomic E-state index is 12.4. The zero-order valence-corrected chi connectivity index (χ0v) is 16.2. The van der Waals surface area contributed by atoms with Crippen molar-refractivity contribution in [2.45, 2.75) is 40.0 Å². The molecule has 2 amide bonds. The molecule has 0 saturated heterocycles. The normalized spacial score (nSPS) is 16.0. The summed E-state index contributed by atoms with van der Waals surface area (Å²) in [5.74, 6) is 0.496. The molecule has 0 aliphatic heterocycles. The number of benzene rings is 1. The average Bonchev–Trinajstić information content (AvgIpc) is 2.92. The van der Waals surface area contributed by atoms with Crippen LogP contribution >= 0.6 is 11.3 Å². The molecule has 1 aliphatic carbocycles. The molecular formula is C20H24N2O3S. The van der Waals surface area contributed by atoms with E-state index in [1.54, 1.807) is 0 Å². The van der Waals surface area contributed by atoms with Crippen LogP contribution in [-0.2, 0) is 17.6 Å². The third-order valence-corrected chi connectivity index (χ3v) is 5.88. The minimum atomic E-state index is -0.484. The molecule has 3 rings (SSSR count). The van der Waals surface area contributed by atoms with E-state index in [0.29, 0.717) is 22.2 Å². The van der Waals surface area contributed by atoms with Crippen LogP contribution in [0.5, 0.6) is 5.75 Å². The quantitative estimate of drug-likeness (QED) is 0.841. The van der Waals surface area contributed by atoms with Gasteiger partial charge in [0.2, 0.25) is 0 Å². The number of aryl methyl sites for hydroxylation is 2. The molecule has 3 N–H and O–H groups in total. The van der Waals surface area contributed by atoms with Gasteiger partial charge in [-0.1, -0.05) is 19.1 Å². The lowest BCUT2D eigenvalue weighted by molar-refractivity contribution is -0.118. The number of rotatable bonds is 5. The second-order valence-corrected chi connectivity index (χ2v) is 8.13. The summed E-state index contributed by atoms with van der Waals surface area (Å²) in [6.07, 6.45) is 2.79. The summed E-state index contributed by atoms with van der Waals surface area (Å²) in [6, 6.07) is 5.86. The van der Waals surface area contributed by atoms with E-state index >= 15 is 0 Å². The minimum Gasteiger partial charge on any atom is -0.483 e. The van der Waals surface area contributed by atoms with Gasteiger partial charge in [0.15, 0.2) is 6.61 Å². The standard InChI is InChI=1S/C20H24N2O3S/c1-11-4-6-13(3)15(8-11)25-10-17(23)22-20-18(19(21)24)14-7-5-12(2)9-16(14)26-20/h4,6,8,12H,5,7,9-10H2,1-3H3,(H2,21,24)(H,22,23)/t12-/m1/s1. The van der Waals surface area contributed by atoms with Gasteiger partial charge in [0.05, 0.1) is 5.56 Å². The lowest BCUT2D eigenvalue weighted by Gasteiger charge is -2.18. The predicted molar refractivity (Wildman–Crippen MR) is 104 cm³/mol. The Morgan fingerprint density at radius 3 is 2.85 bits per heavy atom. The molecule has 138 valence electrons. The number of nitrogens with one attached hydrogen (secondary N) is 1. The molecule has 0 unspecified atom stereocenters. The van der Waals surface area contributed by atoms with E-state index in [2.05, 4.69) is 12.2 Å². The van der Waals surface area contributed by atoms with Gasteiger partial charge in [-0.2, -0.15) is 0 Å². The first-order chi connectivity index (χ1) is 12.3. The molecule has 6 heteroatoms. The van der Waals surface area contributed by atoms with Crippen molar-refractivity contribution in [1.82, 2.24) is 0 Å². The molecule has 2 aromatic rings. The van der Waals surface area contributed by atoms with Crippen molar-refractivity contribution in [2.24, 2.45) is 11.7 Å². The van der Waals surface area contributed by atoms with Crippen molar-refractivity contribution in [3.8, 4) is 5.75 Å². The third-order valence-electron chi connectivity index (χ3n) is 4.71. The Labute approximate surface area is 157 Å². The van der Waals surface area contributed by atoms with Crippen LogP contribution in [0.1, 0.15) is 45.3 Å². The van der Waals surface area contributed by atoms with Gasteiger partial charge in [0.1, 0.15) is 10.8 Å². The molecule has 26 heavy (non-hydrogen) atoms. The minimum absolute atomic E-state index is 0.110. The van der Waals surface area contributed by atoms with Crippen molar-refractivity contribution < 1.29 is 14.3 Å². The van der Waals surface area contributed by atoms with Crippen LogP contribution in [0.25, 0.3) is 0 Å². The maximum Gasteiger partial charge on any atom is 0.262 e. The highest BCUT2D eigenvalue weighted by Gasteiger charge is 2.27. The lowest BCUT2D eigenvalue weighted by atomic mass is 9.88. The van der Waals surface area contributed by atoms with Crippen LogP contribution in [0.4, 0.5) is 5.00 Å². The third kappa shape index (κ3) is 3.90. The Bertz CT molecular complexity index is 857. The molecule has 5 nitrogen and oxygen atoms in total.